The number of hydrogen-bond acceptors (Lipinski definition) is 5. The average Bonchev–Trinajstić information content (AvgIpc) is 3.25. The van der Waals surface area contributed by atoms with E-state index in [2.05, 4.69) is 0 Å². The molecular formula is C16H20O5. The predicted molar refractivity (Wildman–Crippen MR) is 76.1 cm³/mol. The zero-order valence-corrected chi connectivity index (χ0v) is 12.5. The second-order valence-corrected chi connectivity index (χ2v) is 4.95. The maximum atomic E-state index is 12.2. The molecule has 2 rings (SSSR count). The molecule has 1 aromatic rings. The van der Waals surface area contributed by atoms with E-state index in [0.717, 1.165) is 5.56 Å². The summed E-state index contributed by atoms with van der Waals surface area (Å²) in [5, 5.41) is 0. The Kier molecular flexibility index (Phi) is 4.50. The molecule has 1 aliphatic rings. The average molecular weight is 292 g/mol. The van der Waals surface area contributed by atoms with Gasteiger partial charge in [0.15, 0.2) is 5.41 Å². The van der Waals surface area contributed by atoms with Crippen molar-refractivity contribution in [3.8, 4) is 5.75 Å². The lowest BCUT2D eigenvalue weighted by atomic mass is 9.99. The minimum atomic E-state index is -1.20. The molecule has 0 N–H and O–H groups in total. The summed E-state index contributed by atoms with van der Waals surface area (Å²) in [5.41, 5.74) is -0.311. The summed E-state index contributed by atoms with van der Waals surface area (Å²) < 4.78 is 15.3. The molecule has 1 unspecified atom stereocenters. The van der Waals surface area contributed by atoms with Crippen LogP contribution in [0, 0.1) is 5.41 Å². The first-order valence-electron chi connectivity index (χ1n) is 7.08. The summed E-state index contributed by atoms with van der Waals surface area (Å²) in [7, 11) is 1.58. The van der Waals surface area contributed by atoms with Gasteiger partial charge in [0.05, 0.1) is 20.3 Å². The van der Waals surface area contributed by atoms with Crippen LogP contribution in [0.25, 0.3) is 0 Å². The van der Waals surface area contributed by atoms with E-state index < -0.39 is 17.4 Å². The molecule has 5 nitrogen and oxygen atoms in total. The molecule has 5 heteroatoms. The second kappa shape index (κ2) is 6.16. The molecule has 1 atom stereocenters. The molecule has 1 saturated carbocycles. The first-order chi connectivity index (χ1) is 10.1. The summed E-state index contributed by atoms with van der Waals surface area (Å²) in [6.45, 7) is 3.93. The van der Waals surface area contributed by atoms with Crippen molar-refractivity contribution in [2.24, 2.45) is 5.41 Å². The topological polar surface area (TPSA) is 61.8 Å². The van der Waals surface area contributed by atoms with Gasteiger partial charge >= 0.3 is 11.9 Å². The standard InChI is InChI=1S/C16H20O5/c1-4-20-14(17)16(15(18)21-5-2)10-13(16)11-7-6-8-12(9-11)19-3/h6-9,13H,4-5,10H2,1-3H3. The lowest BCUT2D eigenvalue weighted by Gasteiger charge is -2.15. The van der Waals surface area contributed by atoms with Crippen LogP contribution in [0.5, 0.6) is 5.75 Å². The van der Waals surface area contributed by atoms with Gasteiger partial charge in [-0.15, -0.1) is 0 Å². The molecule has 0 radical (unpaired) electrons. The first kappa shape index (κ1) is 15.4. The Morgan fingerprint density at radius 3 is 2.33 bits per heavy atom. The lowest BCUT2D eigenvalue weighted by Crippen LogP contribution is -2.31. The van der Waals surface area contributed by atoms with Gasteiger partial charge in [-0.05, 0) is 38.0 Å². The molecule has 0 heterocycles. The van der Waals surface area contributed by atoms with E-state index in [1.165, 1.54) is 0 Å². The summed E-state index contributed by atoms with van der Waals surface area (Å²) in [6.07, 6.45) is 0.415. The van der Waals surface area contributed by atoms with Gasteiger partial charge in [0.1, 0.15) is 5.75 Å². The van der Waals surface area contributed by atoms with Crippen molar-refractivity contribution in [3.05, 3.63) is 29.8 Å². The molecule has 21 heavy (non-hydrogen) atoms. The number of hydrogen-bond donors (Lipinski definition) is 0. The quantitative estimate of drug-likeness (QED) is 0.594. The number of carbonyl (C=O) groups excluding carboxylic acids is 2. The van der Waals surface area contributed by atoms with Crippen LogP contribution in [0.4, 0.5) is 0 Å². The van der Waals surface area contributed by atoms with Gasteiger partial charge < -0.3 is 14.2 Å². The highest BCUT2D eigenvalue weighted by Crippen LogP contribution is 2.61. The highest BCUT2D eigenvalue weighted by Gasteiger charge is 2.68. The molecule has 1 aromatic carbocycles. The van der Waals surface area contributed by atoms with E-state index in [9.17, 15) is 9.59 Å². The molecule has 114 valence electrons. The van der Waals surface area contributed by atoms with Crippen LogP contribution in [0.15, 0.2) is 24.3 Å². The highest BCUT2D eigenvalue weighted by atomic mass is 16.6. The van der Waals surface area contributed by atoms with Crippen LogP contribution < -0.4 is 4.74 Å². The van der Waals surface area contributed by atoms with Gasteiger partial charge in [0.2, 0.25) is 0 Å². The number of rotatable bonds is 6. The van der Waals surface area contributed by atoms with Gasteiger partial charge in [-0.2, -0.15) is 0 Å². The van der Waals surface area contributed by atoms with Crippen molar-refractivity contribution in [2.75, 3.05) is 20.3 Å². The number of carbonyl (C=O) groups is 2. The Bertz CT molecular complexity index is 519. The normalized spacial score (nSPS) is 18.7. The van der Waals surface area contributed by atoms with Crippen LogP contribution in [0.1, 0.15) is 31.7 Å². The number of esters is 2. The van der Waals surface area contributed by atoms with E-state index in [4.69, 9.17) is 14.2 Å². The second-order valence-electron chi connectivity index (χ2n) is 4.95. The van der Waals surface area contributed by atoms with Crippen LogP contribution in [-0.4, -0.2) is 32.3 Å². The van der Waals surface area contributed by atoms with Crippen LogP contribution in [0.3, 0.4) is 0 Å². The smallest absolute Gasteiger partial charge is 0.324 e. The van der Waals surface area contributed by atoms with Crippen LogP contribution in [0.2, 0.25) is 0 Å². The van der Waals surface area contributed by atoms with Crippen molar-refractivity contribution in [1.82, 2.24) is 0 Å². The molecule has 1 fully saturated rings. The van der Waals surface area contributed by atoms with Crippen molar-refractivity contribution in [2.45, 2.75) is 26.2 Å². The van der Waals surface area contributed by atoms with Crippen LogP contribution >= 0.6 is 0 Å². The maximum Gasteiger partial charge on any atom is 0.324 e. The minimum Gasteiger partial charge on any atom is -0.497 e. The van der Waals surface area contributed by atoms with Gasteiger partial charge in [-0.1, -0.05) is 12.1 Å². The third kappa shape index (κ3) is 2.73. The molecule has 0 saturated heterocycles. The van der Waals surface area contributed by atoms with Crippen molar-refractivity contribution in [1.29, 1.82) is 0 Å². The summed E-state index contributed by atoms with van der Waals surface area (Å²) >= 11 is 0. The van der Waals surface area contributed by atoms with E-state index in [1.54, 1.807) is 21.0 Å². The first-order valence-corrected chi connectivity index (χ1v) is 7.08. The molecule has 0 spiro atoms. The fourth-order valence-corrected chi connectivity index (χ4v) is 2.58. The van der Waals surface area contributed by atoms with Gasteiger partial charge in [-0.3, -0.25) is 9.59 Å². The number of benzene rings is 1. The third-order valence-electron chi connectivity index (χ3n) is 3.74. The Balaban J connectivity index is 2.28. The Hall–Kier alpha value is -2.04. The molecule has 0 aromatic heterocycles. The van der Waals surface area contributed by atoms with Crippen molar-refractivity contribution < 1.29 is 23.8 Å². The largest absolute Gasteiger partial charge is 0.497 e. The maximum absolute atomic E-state index is 12.2. The van der Waals surface area contributed by atoms with E-state index in [-0.39, 0.29) is 19.1 Å². The van der Waals surface area contributed by atoms with Gasteiger partial charge in [0.25, 0.3) is 0 Å². The number of methoxy groups -OCH3 is 1. The third-order valence-corrected chi connectivity index (χ3v) is 3.74. The molecular weight excluding hydrogens is 272 g/mol. The number of ether oxygens (including phenoxy) is 3. The Morgan fingerprint density at radius 2 is 1.81 bits per heavy atom. The van der Waals surface area contributed by atoms with E-state index in [1.807, 2.05) is 24.3 Å². The zero-order chi connectivity index (χ0) is 15.5. The minimum absolute atomic E-state index is 0.217. The SMILES string of the molecule is CCOC(=O)C1(C(=O)OCC)CC1c1cccc(OC)c1. The molecule has 0 amide bonds. The Morgan fingerprint density at radius 1 is 1.19 bits per heavy atom. The summed E-state index contributed by atoms with van der Waals surface area (Å²) in [6, 6.07) is 7.38. The highest BCUT2D eigenvalue weighted by molar-refractivity contribution is 6.05. The van der Waals surface area contributed by atoms with E-state index in [0.29, 0.717) is 12.2 Å². The fraction of sp³-hybridized carbons (Fsp3) is 0.500. The molecule has 0 aliphatic heterocycles. The lowest BCUT2D eigenvalue weighted by molar-refractivity contribution is -0.164. The molecule has 0 bridgehead atoms. The predicted octanol–water partition coefficient (Wildman–Crippen LogP) is 2.30. The fourth-order valence-electron chi connectivity index (χ4n) is 2.58. The monoisotopic (exact) mass is 292 g/mol. The zero-order valence-electron chi connectivity index (χ0n) is 12.5. The van der Waals surface area contributed by atoms with Gasteiger partial charge in [-0.25, -0.2) is 0 Å². The Labute approximate surface area is 124 Å². The summed E-state index contributed by atoms with van der Waals surface area (Å²) in [5.74, 6) is -0.528. The van der Waals surface area contributed by atoms with Crippen molar-refractivity contribution in [3.63, 3.8) is 0 Å². The van der Waals surface area contributed by atoms with E-state index >= 15 is 0 Å². The summed E-state index contributed by atoms with van der Waals surface area (Å²) in [4.78, 5) is 24.5. The van der Waals surface area contributed by atoms with Gasteiger partial charge in [0, 0.05) is 5.92 Å². The van der Waals surface area contributed by atoms with Crippen LogP contribution in [-0.2, 0) is 19.1 Å². The van der Waals surface area contributed by atoms with Crippen molar-refractivity contribution >= 4 is 11.9 Å². The molecule has 1 aliphatic carbocycles.